The van der Waals surface area contributed by atoms with Gasteiger partial charge in [-0.3, -0.25) is 0 Å². The molecule has 0 spiro atoms. The van der Waals surface area contributed by atoms with Gasteiger partial charge in [0.1, 0.15) is 5.82 Å². The normalized spacial score (nSPS) is 10.7. The van der Waals surface area contributed by atoms with Crippen molar-refractivity contribution in [2.24, 2.45) is 0 Å². The van der Waals surface area contributed by atoms with E-state index in [1.807, 2.05) is 0 Å². The first-order valence-corrected chi connectivity index (χ1v) is 4.10. The zero-order chi connectivity index (χ0) is 10.3. The highest BCUT2D eigenvalue weighted by Gasteiger charge is 2.12. The van der Waals surface area contributed by atoms with Crippen LogP contribution in [-0.2, 0) is 0 Å². The quantitative estimate of drug-likeness (QED) is 0.730. The van der Waals surface area contributed by atoms with Gasteiger partial charge in [0.15, 0.2) is 0 Å². The third-order valence-corrected chi connectivity index (χ3v) is 2.28. The van der Waals surface area contributed by atoms with E-state index in [4.69, 9.17) is 5.11 Å². The lowest BCUT2D eigenvalue weighted by atomic mass is 10.1. The number of aromatic carboxylic acids is 1. The van der Waals surface area contributed by atoms with Crippen molar-refractivity contribution in [2.45, 2.75) is 6.92 Å². The third kappa shape index (κ3) is 1.08. The fourth-order valence-corrected chi connectivity index (χ4v) is 1.50. The minimum Gasteiger partial charge on any atom is -0.478 e. The van der Waals surface area contributed by atoms with Crippen LogP contribution >= 0.6 is 0 Å². The summed E-state index contributed by atoms with van der Waals surface area (Å²) in [5.74, 6) is -1.35. The molecule has 1 aromatic carbocycles. The molecule has 0 aliphatic rings. The number of hydrogen-bond donors (Lipinski definition) is 2. The lowest BCUT2D eigenvalue weighted by Gasteiger charge is -1.98. The van der Waals surface area contributed by atoms with Gasteiger partial charge in [0, 0.05) is 17.1 Å². The molecule has 0 radical (unpaired) electrons. The SMILES string of the molecule is Cc1c(F)ccc2c(C(=O)O)c[nH]c12. The molecule has 0 saturated heterocycles. The van der Waals surface area contributed by atoms with E-state index in [1.54, 1.807) is 6.92 Å². The molecule has 72 valence electrons. The number of aryl methyl sites for hydroxylation is 1. The molecule has 2 aromatic rings. The highest BCUT2D eigenvalue weighted by Crippen LogP contribution is 2.23. The first kappa shape index (κ1) is 8.74. The molecular weight excluding hydrogens is 185 g/mol. The van der Waals surface area contributed by atoms with Gasteiger partial charge in [-0.15, -0.1) is 0 Å². The van der Waals surface area contributed by atoms with Crippen molar-refractivity contribution in [1.82, 2.24) is 4.98 Å². The zero-order valence-corrected chi connectivity index (χ0v) is 7.47. The standard InChI is InChI=1S/C10H8FNO2/c1-5-8(11)3-2-6-7(10(13)14)4-12-9(5)6/h2-4,12H,1H3,(H,13,14). The van der Waals surface area contributed by atoms with E-state index in [0.29, 0.717) is 16.5 Å². The minimum atomic E-state index is -1.01. The summed E-state index contributed by atoms with van der Waals surface area (Å²) in [6, 6.07) is 2.75. The number of carboxylic acid groups (broad SMARTS) is 1. The van der Waals surface area contributed by atoms with Crippen LogP contribution < -0.4 is 0 Å². The summed E-state index contributed by atoms with van der Waals surface area (Å²) in [6.45, 7) is 1.61. The van der Waals surface area contributed by atoms with E-state index in [9.17, 15) is 9.18 Å². The number of benzene rings is 1. The Balaban J connectivity index is 2.83. The average molecular weight is 193 g/mol. The maximum atomic E-state index is 13.1. The topological polar surface area (TPSA) is 53.1 Å². The van der Waals surface area contributed by atoms with E-state index in [2.05, 4.69) is 4.98 Å². The van der Waals surface area contributed by atoms with Gasteiger partial charge in [0.25, 0.3) is 0 Å². The van der Waals surface area contributed by atoms with Gasteiger partial charge in [0.05, 0.1) is 11.1 Å². The van der Waals surface area contributed by atoms with E-state index >= 15 is 0 Å². The van der Waals surface area contributed by atoms with Crippen molar-refractivity contribution < 1.29 is 14.3 Å². The van der Waals surface area contributed by atoms with E-state index < -0.39 is 5.97 Å². The molecule has 0 fully saturated rings. The second-order valence-corrected chi connectivity index (χ2v) is 3.10. The number of halogens is 1. The van der Waals surface area contributed by atoms with Gasteiger partial charge in [-0.1, -0.05) is 0 Å². The number of H-pyrrole nitrogens is 1. The fourth-order valence-electron chi connectivity index (χ4n) is 1.50. The number of rotatable bonds is 1. The Labute approximate surface area is 79.2 Å². The van der Waals surface area contributed by atoms with Gasteiger partial charge in [-0.05, 0) is 19.1 Å². The van der Waals surface area contributed by atoms with Crippen LogP contribution in [0.25, 0.3) is 10.9 Å². The second kappa shape index (κ2) is 2.83. The molecule has 0 bridgehead atoms. The molecule has 0 aliphatic carbocycles. The molecule has 0 unspecified atom stereocenters. The molecule has 2 N–H and O–H groups in total. The second-order valence-electron chi connectivity index (χ2n) is 3.10. The Morgan fingerprint density at radius 2 is 2.21 bits per heavy atom. The summed E-state index contributed by atoms with van der Waals surface area (Å²) < 4.78 is 13.1. The van der Waals surface area contributed by atoms with Gasteiger partial charge in [-0.2, -0.15) is 0 Å². The van der Waals surface area contributed by atoms with Crippen LogP contribution in [0.15, 0.2) is 18.3 Å². The van der Waals surface area contributed by atoms with Crippen LogP contribution in [0.2, 0.25) is 0 Å². The number of fused-ring (bicyclic) bond motifs is 1. The number of carboxylic acids is 1. The number of hydrogen-bond acceptors (Lipinski definition) is 1. The van der Waals surface area contributed by atoms with Crippen LogP contribution in [0.4, 0.5) is 4.39 Å². The van der Waals surface area contributed by atoms with Crippen LogP contribution in [-0.4, -0.2) is 16.1 Å². The molecule has 0 amide bonds. The highest BCUT2D eigenvalue weighted by atomic mass is 19.1. The smallest absolute Gasteiger partial charge is 0.337 e. The van der Waals surface area contributed by atoms with Crippen molar-refractivity contribution in [3.63, 3.8) is 0 Å². The fraction of sp³-hybridized carbons (Fsp3) is 0.100. The number of aromatic amines is 1. The molecule has 1 heterocycles. The Morgan fingerprint density at radius 3 is 2.86 bits per heavy atom. The predicted octanol–water partition coefficient (Wildman–Crippen LogP) is 2.31. The molecular formula is C10H8FNO2. The Hall–Kier alpha value is -1.84. The first-order valence-electron chi connectivity index (χ1n) is 4.10. The summed E-state index contributed by atoms with van der Waals surface area (Å²) in [5.41, 5.74) is 1.15. The number of carbonyl (C=O) groups is 1. The molecule has 14 heavy (non-hydrogen) atoms. The van der Waals surface area contributed by atoms with E-state index in [1.165, 1.54) is 18.3 Å². The minimum absolute atomic E-state index is 0.170. The predicted molar refractivity (Wildman–Crippen MR) is 50.0 cm³/mol. The summed E-state index contributed by atoms with van der Waals surface area (Å²) in [4.78, 5) is 13.5. The van der Waals surface area contributed by atoms with Crippen molar-refractivity contribution in [3.8, 4) is 0 Å². The van der Waals surface area contributed by atoms with Crippen LogP contribution in [0.5, 0.6) is 0 Å². The van der Waals surface area contributed by atoms with Gasteiger partial charge in [-0.25, -0.2) is 9.18 Å². The van der Waals surface area contributed by atoms with Crippen molar-refractivity contribution in [2.75, 3.05) is 0 Å². The molecule has 2 rings (SSSR count). The molecule has 1 aromatic heterocycles. The highest BCUT2D eigenvalue weighted by molar-refractivity contribution is 6.03. The zero-order valence-electron chi connectivity index (χ0n) is 7.47. The molecule has 0 saturated carbocycles. The van der Waals surface area contributed by atoms with Crippen molar-refractivity contribution in [1.29, 1.82) is 0 Å². The van der Waals surface area contributed by atoms with Crippen LogP contribution in [0.1, 0.15) is 15.9 Å². The van der Waals surface area contributed by atoms with Gasteiger partial charge >= 0.3 is 5.97 Å². The van der Waals surface area contributed by atoms with Crippen molar-refractivity contribution >= 4 is 16.9 Å². The van der Waals surface area contributed by atoms with Crippen LogP contribution in [0, 0.1) is 12.7 Å². The third-order valence-electron chi connectivity index (χ3n) is 2.28. The first-order chi connectivity index (χ1) is 6.61. The van der Waals surface area contributed by atoms with Gasteiger partial charge < -0.3 is 10.1 Å². The summed E-state index contributed by atoms with van der Waals surface area (Å²) in [6.07, 6.45) is 1.37. The lowest BCUT2D eigenvalue weighted by molar-refractivity contribution is 0.0699. The maximum Gasteiger partial charge on any atom is 0.337 e. The monoisotopic (exact) mass is 193 g/mol. The molecule has 4 heteroatoms. The molecule has 3 nitrogen and oxygen atoms in total. The number of aromatic nitrogens is 1. The van der Waals surface area contributed by atoms with E-state index in [-0.39, 0.29) is 11.4 Å². The maximum absolute atomic E-state index is 13.1. The summed E-state index contributed by atoms with van der Waals surface area (Å²) in [5, 5.41) is 9.36. The van der Waals surface area contributed by atoms with Gasteiger partial charge in [0.2, 0.25) is 0 Å². The average Bonchev–Trinajstić information content (AvgIpc) is 2.55. The van der Waals surface area contributed by atoms with Crippen LogP contribution in [0.3, 0.4) is 0 Å². The number of nitrogens with one attached hydrogen (secondary N) is 1. The summed E-state index contributed by atoms with van der Waals surface area (Å²) >= 11 is 0. The Morgan fingerprint density at radius 1 is 1.50 bits per heavy atom. The lowest BCUT2D eigenvalue weighted by Crippen LogP contribution is -1.93. The summed E-state index contributed by atoms with van der Waals surface area (Å²) in [7, 11) is 0. The Kier molecular flexibility index (Phi) is 1.77. The molecule has 0 atom stereocenters. The molecule has 0 aliphatic heterocycles. The van der Waals surface area contributed by atoms with E-state index in [0.717, 1.165) is 0 Å². The Bertz CT molecular complexity index is 516. The van der Waals surface area contributed by atoms with Crippen molar-refractivity contribution in [3.05, 3.63) is 35.3 Å². The largest absolute Gasteiger partial charge is 0.478 e.